The summed E-state index contributed by atoms with van der Waals surface area (Å²) in [6.07, 6.45) is 3.53. The molecule has 3 rings (SSSR count). The molecule has 0 atom stereocenters. The molecular formula is C12H11N3O. The maximum Gasteiger partial charge on any atom is 0.191 e. The molecule has 0 aliphatic heterocycles. The number of anilines is 1. The highest BCUT2D eigenvalue weighted by Gasteiger charge is 2.14. The van der Waals surface area contributed by atoms with E-state index in [0.29, 0.717) is 11.4 Å². The standard InChI is InChI=1S/C12H11N3O/c1-15-7-9(12-10(13)6-14-16-12)8-4-2-3-5-11(8)15/h2-7H,13H2,1H3. The van der Waals surface area contributed by atoms with Crippen molar-refractivity contribution in [3.05, 3.63) is 36.7 Å². The third kappa shape index (κ3) is 1.13. The van der Waals surface area contributed by atoms with E-state index >= 15 is 0 Å². The molecule has 4 nitrogen and oxygen atoms in total. The number of hydrogen-bond donors (Lipinski definition) is 1. The van der Waals surface area contributed by atoms with Crippen LogP contribution >= 0.6 is 0 Å². The van der Waals surface area contributed by atoms with Crippen LogP contribution in [0.2, 0.25) is 0 Å². The number of aromatic nitrogens is 2. The number of benzene rings is 1. The SMILES string of the molecule is Cn1cc(-c2oncc2N)c2ccccc21. The summed E-state index contributed by atoms with van der Waals surface area (Å²) >= 11 is 0. The monoisotopic (exact) mass is 213 g/mol. The third-order valence-electron chi connectivity index (χ3n) is 2.74. The van der Waals surface area contributed by atoms with E-state index in [-0.39, 0.29) is 0 Å². The zero-order valence-electron chi connectivity index (χ0n) is 8.84. The fraction of sp³-hybridized carbons (Fsp3) is 0.0833. The van der Waals surface area contributed by atoms with Gasteiger partial charge in [0.1, 0.15) is 5.69 Å². The third-order valence-corrected chi connectivity index (χ3v) is 2.74. The minimum Gasteiger partial charge on any atom is -0.394 e. The van der Waals surface area contributed by atoms with Gasteiger partial charge >= 0.3 is 0 Å². The van der Waals surface area contributed by atoms with Crippen molar-refractivity contribution >= 4 is 16.6 Å². The molecule has 4 heteroatoms. The van der Waals surface area contributed by atoms with E-state index in [2.05, 4.69) is 11.2 Å². The highest BCUT2D eigenvalue weighted by Crippen LogP contribution is 2.33. The summed E-state index contributed by atoms with van der Waals surface area (Å²) in [6.45, 7) is 0. The van der Waals surface area contributed by atoms with Crippen LogP contribution in [0.1, 0.15) is 0 Å². The van der Waals surface area contributed by atoms with Crippen LogP contribution in [0.5, 0.6) is 0 Å². The molecule has 0 aliphatic carbocycles. The summed E-state index contributed by atoms with van der Waals surface area (Å²) in [5.74, 6) is 0.636. The quantitative estimate of drug-likeness (QED) is 0.675. The zero-order chi connectivity index (χ0) is 11.1. The maximum atomic E-state index is 5.81. The molecule has 0 bridgehead atoms. The molecule has 1 aromatic carbocycles. The Morgan fingerprint density at radius 3 is 2.88 bits per heavy atom. The molecule has 0 unspecified atom stereocenters. The van der Waals surface area contributed by atoms with Crippen LogP contribution in [0.25, 0.3) is 22.2 Å². The summed E-state index contributed by atoms with van der Waals surface area (Å²) < 4.78 is 7.23. The Bertz CT molecular complexity index is 651. The molecule has 3 aromatic rings. The van der Waals surface area contributed by atoms with E-state index in [4.69, 9.17) is 10.3 Å². The van der Waals surface area contributed by atoms with E-state index < -0.39 is 0 Å². The molecule has 0 saturated heterocycles. The van der Waals surface area contributed by atoms with Crippen LogP contribution in [0.15, 0.2) is 41.2 Å². The fourth-order valence-electron chi connectivity index (χ4n) is 1.97. The van der Waals surface area contributed by atoms with E-state index in [1.807, 2.05) is 36.0 Å². The number of nitrogen functional groups attached to an aromatic ring is 1. The summed E-state index contributed by atoms with van der Waals surface area (Å²) in [4.78, 5) is 0. The van der Waals surface area contributed by atoms with Gasteiger partial charge in [-0.05, 0) is 6.07 Å². The van der Waals surface area contributed by atoms with Gasteiger partial charge in [-0.15, -0.1) is 0 Å². The van der Waals surface area contributed by atoms with Crippen molar-refractivity contribution in [2.24, 2.45) is 7.05 Å². The Morgan fingerprint density at radius 1 is 1.31 bits per heavy atom. The molecule has 0 radical (unpaired) electrons. The first-order valence-corrected chi connectivity index (χ1v) is 5.02. The van der Waals surface area contributed by atoms with Crippen LogP contribution in [0, 0.1) is 0 Å². The number of rotatable bonds is 1. The average molecular weight is 213 g/mol. The lowest BCUT2D eigenvalue weighted by Crippen LogP contribution is -1.83. The van der Waals surface area contributed by atoms with Gasteiger partial charge < -0.3 is 14.8 Å². The van der Waals surface area contributed by atoms with Crippen molar-refractivity contribution in [2.75, 3.05) is 5.73 Å². The average Bonchev–Trinajstić information content (AvgIpc) is 2.84. The molecular weight excluding hydrogens is 202 g/mol. The predicted octanol–water partition coefficient (Wildman–Crippen LogP) is 2.42. The second-order valence-electron chi connectivity index (χ2n) is 3.78. The Hall–Kier alpha value is -2.23. The van der Waals surface area contributed by atoms with Gasteiger partial charge in [0.15, 0.2) is 5.76 Å². The van der Waals surface area contributed by atoms with E-state index in [1.54, 1.807) is 0 Å². The van der Waals surface area contributed by atoms with Crippen molar-refractivity contribution in [3.8, 4) is 11.3 Å². The van der Waals surface area contributed by atoms with Crippen LogP contribution < -0.4 is 5.73 Å². The van der Waals surface area contributed by atoms with Crippen LogP contribution in [0.4, 0.5) is 5.69 Å². The Labute approximate surface area is 92.3 Å². The summed E-state index contributed by atoms with van der Waals surface area (Å²) in [7, 11) is 2.00. The number of para-hydroxylation sites is 1. The molecule has 0 saturated carbocycles. The van der Waals surface area contributed by atoms with Crippen LogP contribution in [-0.4, -0.2) is 9.72 Å². The number of aryl methyl sites for hydroxylation is 1. The number of nitrogens with two attached hydrogens (primary N) is 1. The smallest absolute Gasteiger partial charge is 0.191 e. The van der Waals surface area contributed by atoms with E-state index in [1.165, 1.54) is 6.20 Å². The first kappa shape index (κ1) is 9.03. The lowest BCUT2D eigenvalue weighted by atomic mass is 10.1. The minimum absolute atomic E-state index is 0.566. The highest BCUT2D eigenvalue weighted by molar-refractivity contribution is 5.96. The van der Waals surface area contributed by atoms with E-state index in [9.17, 15) is 0 Å². The predicted molar refractivity (Wildman–Crippen MR) is 62.8 cm³/mol. The Morgan fingerprint density at radius 2 is 2.12 bits per heavy atom. The number of fused-ring (bicyclic) bond motifs is 1. The maximum absolute atomic E-state index is 5.81. The second-order valence-corrected chi connectivity index (χ2v) is 3.78. The summed E-state index contributed by atoms with van der Waals surface area (Å²) in [6, 6.07) is 8.12. The van der Waals surface area contributed by atoms with Gasteiger partial charge in [-0.2, -0.15) is 0 Å². The normalized spacial score (nSPS) is 11.1. The molecule has 0 amide bonds. The minimum atomic E-state index is 0.566. The van der Waals surface area contributed by atoms with Crippen LogP contribution in [0.3, 0.4) is 0 Å². The van der Waals surface area contributed by atoms with Gasteiger partial charge in [0.05, 0.1) is 6.20 Å². The van der Waals surface area contributed by atoms with Crippen LogP contribution in [-0.2, 0) is 7.05 Å². The van der Waals surface area contributed by atoms with E-state index in [0.717, 1.165) is 16.5 Å². The van der Waals surface area contributed by atoms with Crippen molar-refractivity contribution in [2.45, 2.75) is 0 Å². The van der Waals surface area contributed by atoms with Gasteiger partial charge in [0.2, 0.25) is 0 Å². The van der Waals surface area contributed by atoms with Gasteiger partial charge in [-0.3, -0.25) is 0 Å². The Balaban J connectivity index is 2.37. The molecule has 2 N–H and O–H groups in total. The molecule has 2 heterocycles. The van der Waals surface area contributed by atoms with Gasteiger partial charge in [-0.25, -0.2) is 0 Å². The molecule has 80 valence electrons. The van der Waals surface area contributed by atoms with Crippen molar-refractivity contribution in [1.82, 2.24) is 9.72 Å². The van der Waals surface area contributed by atoms with Gasteiger partial charge in [0.25, 0.3) is 0 Å². The highest BCUT2D eigenvalue weighted by atomic mass is 16.5. The lowest BCUT2D eigenvalue weighted by molar-refractivity contribution is 0.433. The summed E-state index contributed by atoms with van der Waals surface area (Å²) in [5, 5.41) is 4.82. The molecule has 0 spiro atoms. The molecule has 2 aromatic heterocycles. The Kier molecular flexibility index (Phi) is 1.77. The fourth-order valence-corrected chi connectivity index (χ4v) is 1.97. The van der Waals surface area contributed by atoms with Gasteiger partial charge in [0, 0.05) is 29.7 Å². The molecule has 0 fully saturated rings. The van der Waals surface area contributed by atoms with Crippen molar-refractivity contribution in [3.63, 3.8) is 0 Å². The first-order chi connectivity index (χ1) is 7.77. The second kappa shape index (κ2) is 3.13. The zero-order valence-corrected chi connectivity index (χ0v) is 8.84. The van der Waals surface area contributed by atoms with Gasteiger partial charge in [-0.1, -0.05) is 23.4 Å². The molecule has 0 aliphatic rings. The number of nitrogens with zero attached hydrogens (tertiary/aromatic N) is 2. The lowest BCUT2D eigenvalue weighted by Gasteiger charge is -1.94. The topological polar surface area (TPSA) is 57.0 Å². The molecule has 16 heavy (non-hydrogen) atoms. The summed E-state index contributed by atoms with van der Waals surface area (Å²) in [5.41, 5.74) is 8.50. The number of hydrogen-bond acceptors (Lipinski definition) is 3. The first-order valence-electron chi connectivity index (χ1n) is 5.02. The van der Waals surface area contributed by atoms with Crippen molar-refractivity contribution < 1.29 is 4.52 Å². The van der Waals surface area contributed by atoms with Crippen molar-refractivity contribution in [1.29, 1.82) is 0 Å². The largest absolute Gasteiger partial charge is 0.394 e.